The summed E-state index contributed by atoms with van der Waals surface area (Å²) >= 11 is -3.34. The van der Waals surface area contributed by atoms with E-state index >= 15 is 0 Å². The molecule has 0 radical (unpaired) electrons. The molecule has 3 aromatic carbocycles. The third kappa shape index (κ3) is 3.14. The minimum atomic E-state index is -3.34. The van der Waals surface area contributed by atoms with Gasteiger partial charge in [0, 0.05) is 0 Å². The molecule has 3 aromatic rings. The number of hydrogen-bond acceptors (Lipinski definition) is 0. The van der Waals surface area contributed by atoms with E-state index in [0.29, 0.717) is 0 Å². The summed E-state index contributed by atoms with van der Waals surface area (Å²) in [7, 11) is 0. The zero-order valence-electron chi connectivity index (χ0n) is 21.9. The predicted molar refractivity (Wildman–Crippen MR) is 104 cm³/mol. The molecule has 3 rings (SSSR count). The average molecular weight is 370 g/mol. The Morgan fingerprint density at radius 3 is 1.00 bits per heavy atom. The molecular formula is C22H24Ge. The van der Waals surface area contributed by atoms with E-state index in [2.05, 4.69) is 5.76 Å². The molecule has 116 valence electrons. The van der Waals surface area contributed by atoms with Crippen LogP contribution in [0.25, 0.3) is 0 Å². The molecule has 23 heavy (non-hydrogen) atoms. The van der Waals surface area contributed by atoms with Crippen LogP contribution in [0.4, 0.5) is 0 Å². The molecule has 1 heteroatoms. The van der Waals surface area contributed by atoms with Gasteiger partial charge in [0.25, 0.3) is 0 Å². The Morgan fingerprint density at radius 1 is 0.522 bits per heavy atom. The van der Waals surface area contributed by atoms with Crippen LogP contribution in [0.1, 0.15) is 29.0 Å². The summed E-state index contributed by atoms with van der Waals surface area (Å²) in [4.78, 5) is 0. The monoisotopic (exact) mass is 371 g/mol. The summed E-state index contributed by atoms with van der Waals surface area (Å²) in [6.45, 7) is -6.61. The van der Waals surface area contributed by atoms with Crippen LogP contribution in [0, 0.1) is 20.6 Å². The van der Waals surface area contributed by atoms with Crippen LogP contribution in [-0.2, 0) is 0 Å². The molecule has 0 aliphatic rings. The summed E-state index contributed by atoms with van der Waals surface area (Å²) < 4.78 is 71.7. The molecule has 0 unspecified atom stereocenters. The van der Waals surface area contributed by atoms with Gasteiger partial charge in [-0.05, 0) is 0 Å². The van der Waals surface area contributed by atoms with Crippen LogP contribution in [0.15, 0.2) is 72.8 Å². The van der Waals surface area contributed by atoms with Crippen molar-refractivity contribution in [3.8, 4) is 0 Å². The van der Waals surface area contributed by atoms with Crippen LogP contribution in [0.3, 0.4) is 0 Å². The molecule has 0 heterocycles. The van der Waals surface area contributed by atoms with E-state index < -0.39 is 33.8 Å². The Kier molecular flexibility index (Phi) is 2.31. The first kappa shape index (κ1) is 8.35. The third-order valence-corrected chi connectivity index (χ3v) is 13.8. The Morgan fingerprint density at radius 2 is 0.783 bits per heavy atom. The van der Waals surface area contributed by atoms with Crippen LogP contribution in [0.5, 0.6) is 0 Å². The van der Waals surface area contributed by atoms with Gasteiger partial charge in [-0.3, -0.25) is 0 Å². The van der Waals surface area contributed by atoms with Crippen molar-refractivity contribution in [2.45, 2.75) is 26.3 Å². The van der Waals surface area contributed by atoms with Crippen LogP contribution >= 0.6 is 0 Å². The van der Waals surface area contributed by atoms with Crippen molar-refractivity contribution < 1.29 is 12.3 Å². The van der Waals surface area contributed by atoms with Gasteiger partial charge in [-0.2, -0.15) is 0 Å². The van der Waals surface area contributed by atoms with Crippen molar-refractivity contribution >= 4 is 26.5 Å². The number of hydrogen-bond donors (Lipinski definition) is 0. The Bertz CT molecular complexity index is 920. The maximum absolute atomic E-state index is 7.63. The van der Waals surface area contributed by atoms with E-state index in [4.69, 9.17) is 12.3 Å². The van der Waals surface area contributed by atoms with Gasteiger partial charge in [-0.1, -0.05) is 0 Å². The summed E-state index contributed by atoms with van der Waals surface area (Å²) in [6, 6.07) is 20.6. The topological polar surface area (TPSA) is 0 Å². The molecule has 0 saturated carbocycles. The van der Waals surface area contributed by atoms with Crippen molar-refractivity contribution in [3.63, 3.8) is 0 Å². The molecule has 0 fully saturated rings. The van der Waals surface area contributed by atoms with Crippen molar-refractivity contribution in [1.82, 2.24) is 0 Å². The van der Waals surface area contributed by atoms with Crippen LogP contribution in [0.2, 0.25) is 5.76 Å². The molecule has 0 aliphatic heterocycles. The number of rotatable bonds is 3. The van der Waals surface area contributed by atoms with Crippen molar-refractivity contribution in [2.75, 3.05) is 0 Å². The number of aryl methyl sites for hydroxylation is 3. The Balaban J connectivity index is 2.17. The third-order valence-electron chi connectivity index (χ3n) is 4.39. The van der Waals surface area contributed by atoms with Crippen molar-refractivity contribution in [2.24, 2.45) is 0 Å². The van der Waals surface area contributed by atoms with Gasteiger partial charge >= 0.3 is 155 Å². The van der Waals surface area contributed by atoms with E-state index in [1.54, 1.807) is 36.4 Å². The SMILES string of the molecule is [2H]C([2H])([2H])c1cc[c]([Ge]([CH3])([c]2ccc(C([2H])([2H])[2H])cc2)[c]2ccc(C([2H])([2H])[2H])cc2)cc1. The van der Waals surface area contributed by atoms with Crippen molar-refractivity contribution in [3.05, 3.63) is 89.5 Å². The van der Waals surface area contributed by atoms with Crippen LogP contribution < -0.4 is 13.2 Å². The quantitative estimate of drug-likeness (QED) is 0.617. The molecule has 0 nitrogen and oxygen atoms in total. The van der Waals surface area contributed by atoms with Gasteiger partial charge in [-0.15, -0.1) is 0 Å². The first-order valence-electron chi connectivity index (χ1n) is 12.0. The standard InChI is InChI=1S/C22H24Ge/c1-17-5-11-20(12-6-17)23(4,21-13-7-18(2)8-14-21)22-15-9-19(3)10-16-22/h5-16H,1-4H3/i1D3,2D3,3D3. The zero-order chi connectivity index (χ0) is 23.9. The van der Waals surface area contributed by atoms with Gasteiger partial charge in [0.15, 0.2) is 0 Å². The summed E-state index contributed by atoms with van der Waals surface area (Å²) in [6.07, 6.45) is 0. The van der Waals surface area contributed by atoms with Gasteiger partial charge in [-0.25, -0.2) is 0 Å². The molecule has 0 spiro atoms. The predicted octanol–water partition coefficient (Wildman–Crippen LogP) is 3.71. The van der Waals surface area contributed by atoms with Gasteiger partial charge in [0.05, 0.1) is 0 Å². The van der Waals surface area contributed by atoms with E-state index in [0.717, 1.165) is 13.2 Å². The fraction of sp³-hybridized carbons (Fsp3) is 0.182. The maximum atomic E-state index is 7.63. The molecule has 0 N–H and O–H groups in total. The molecule has 0 amide bonds. The normalized spacial score (nSPS) is 18.9. The fourth-order valence-electron chi connectivity index (χ4n) is 2.91. The average Bonchev–Trinajstić information content (AvgIpc) is 2.71. The van der Waals surface area contributed by atoms with E-state index in [1.807, 2.05) is 36.4 Å². The molecule has 0 saturated heterocycles. The molecule has 0 aliphatic carbocycles. The second kappa shape index (κ2) is 6.37. The molecule has 0 aromatic heterocycles. The Hall–Kier alpha value is -1.80. The van der Waals surface area contributed by atoms with Gasteiger partial charge < -0.3 is 0 Å². The van der Waals surface area contributed by atoms with Crippen LogP contribution in [-0.4, -0.2) is 13.3 Å². The second-order valence-electron chi connectivity index (χ2n) is 5.86. The molecular weight excluding hydrogens is 337 g/mol. The summed E-state index contributed by atoms with van der Waals surface area (Å²) in [5, 5.41) is 0. The van der Waals surface area contributed by atoms with E-state index in [-0.39, 0.29) is 16.7 Å². The van der Waals surface area contributed by atoms with E-state index in [9.17, 15) is 0 Å². The molecule has 0 bridgehead atoms. The van der Waals surface area contributed by atoms with Crippen molar-refractivity contribution in [1.29, 1.82) is 0 Å². The van der Waals surface area contributed by atoms with E-state index in [1.165, 1.54) is 0 Å². The second-order valence-corrected chi connectivity index (χ2v) is 14.2. The summed E-state index contributed by atoms with van der Waals surface area (Å²) in [5.41, 5.74) is 0.754. The molecule has 0 atom stereocenters. The summed E-state index contributed by atoms with van der Waals surface area (Å²) in [5.74, 6) is 2.14. The first-order chi connectivity index (χ1) is 14.6. The number of benzene rings is 3. The fourth-order valence-corrected chi connectivity index (χ4v) is 10.3. The zero-order valence-corrected chi connectivity index (χ0v) is 15.0. The Labute approximate surface area is 155 Å². The first-order valence-corrected chi connectivity index (χ1v) is 12.7. The minimum absolute atomic E-state index is 0.251. The van der Waals surface area contributed by atoms with Gasteiger partial charge in [0.1, 0.15) is 0 Å². The van der Waals surface area contributed by atoms with Gasteiger partial charge in [0.2, 0.25) is 0 Å².